The number of carbonyl (C=O) groups excluding carboxylic acids is 3. The molecule has 1 spiro atoms. The van der Waals surface area contributed by atoms with E-state index in [0.717, 1.165) is 29.5 Å². The number of hydrogen-bond donors (Lipinski definition) is 0. The van der Waals surface area contributed by atoms with E-state index in [-0.39, 0.29) is 30.8 Å². The maximum absolute atomic E-state index is 14.2. The van der Waals surface area contributed by atoms with Gasteiger partial charge in [0.2, 0.25) is 18.6 Å². The van der Waals surface area contributed by atoms with Crippen LogP contribution in [-0.4, -0.2) is 46.3 Å². The van der Waals surface area contributed by atoms with Gasteiger partial charge in [0, 0.05) is 25.9 Å². The zero-order chi connectivity index (χ0) is 24.2. The lowest BCUT2D eigenvalue weighted by molar-refractivity contribution is -0.144. The molecule has 0 aromatic heterocycles. The van der Waals surface area contributed by atoms with E-state index < -0.39 is 17.5 Å². The van der Waals surface area contributed by atoms with Crippen molar-refractivity contribution in [3.05, 3.63) is 71.3 Å². The minimum atomic E-state index is -0.823. The summed E-state index contributed by atoms with van der Waals surface area (Å²) in [5, 5.41) is 0. The van der Waals surface area contributed by atoms with E-state index in [0.29, 0.717) is 31.0 Å². The van der Waals surface area contributed by atoms with Crippen molar-refractivity contribution >= 4 is 17.6 Å². The molecule has 1 unspecified atom stereocenters. The molecule has 0 saturated carbocycles. The molecule has 2 aromatic rings. The number of likely N-dealkylation sites (tertiary alicyclic amines) is 1. The van der Waals surface area contributed by atoms with E-state index >= 15 is 0 Å². The van der Waals surface area contributed by atoms with Gasteiger partial charge >= 0.3 is 0 Å². The van der Waals surface area contributed by atoms with Crippen LogP contribution < -0.4 is 9.47 Å². The highest BCUT2D eigenvalue weighted by Crippen LogP contribution is 2.54. The molecule has 35 heavy (non-hydrogen) atoms. The van der Waals surface area contributed by atoms with Crippen LogP contribution in [0.25, 0.3) is 0 Å². The van der Waals surface area contributed by atoms with Crippen molar-refractivity contribution in [3.63, 3.8) is 0 Å². The average molecular weight is 473 g/mol. The first-order valence-corrected chi connectivity index (χ1v) is 12.3. The van der Waals surface area contributed by atoms with Crippen molar-refractivity contribution in [1.29, 1.82) is 0 Å². The SMILES string of the molecule is CCCCC(=O)N1Cc2cc3c(cc2C24C=CC(=O)C[C@@H]2N(Cc2ccccc2)C(=O)[C@@H]14)OCO3. The Bertz CT molecular complexity index is 1240. The lowest BCUT2D eigenvalue weighted by atomic mass is 9.63. The van der Waals surface area contributed by atoms with Crippen molar-refractivity contribution in [2.45, 2.75) is 63.2 Å². The van der Waals surface area contributed by atoms with E-state index in [4.69, 9.17) is 9.47 Å². The van der Waals surface area contributed by atoms with Crippen molar-refractivity contribution in [2.75, 3.05) is 6.79 Å². The highest BCUT2D eigenvalue weighted by Gasteiger charge is 2.65. The Kier molecular flexibility index (Phi) is 5.16. The van der Waals surface area contributed by atoms with Gasteiger partial charge in [-0.3, -0.25) is 14.4 Å². The molecule has 3 aliphatic heterocycles. The van der Waals surface area contributed by atoms with Crippen LogP contribution >= 0.6 is 0 Å². The van der Waals surface area contributed by atoms with Crippen molar-refractivity contribution < 1.29 is 23.9 Å². The third-order valence-electron chi connectivity index (χ3n) is 7.81. The van der Waals surface area contributed by atoms with Crippen LogP contribution in [0, 0.1) is 0 Å². The van der Waals surface area contributed by atoms with E-state index in [9.17, 15) is 14.4 Å². The third kappa shape index (κ3) is 3.28. The Balaban J connectivity index is 1.53. The first-order valence-electron chi connectivity index (χ1n) is 12.3. The van der Waals surface area contributed by atoms with Crippen LogP contribution in [-0.2, 0) is 32.9 Å². The third-order valence-corrected chi connectivity index (χ3v) is 7.81. The van der Waals surface area contributed by atoms with E-state index in [2.05, 4.69) is 6.92 Å². The van der Waals surface area contributed by atoms with Gasteiger partial charge in [-0.15, -0.1) is 0 Å². The minimum Gasteiger partial charge on any atom is -0.454 e. The van der Waals surface area contributed by atoms with Crippen molar-refractivity contribution in [1.82, 2.24) is 9.80 Å². The number of ketones is 1. The first kappa shape index (κ1) is 21.9. The number of unbranched alkanes of at least 4 members (excludes halogenated alkanes) is 1. The van der Waals surface area contributed by atoms with Gasteiger partial charge in [0.1, 0.15) is 6.04 Å². The number of rotatable bonds is 5. The molecule has 3 heterocycles. The first-order chi connectivity index (χ1) is 17.0. The molecule has 0 bridgehead atoms. The fraction of sp³-hybridized carbons (Fsp3) is 0.393. The lowest BCUT2D eigenvalue weighted by Gasteiger charge is -2.47. The zero-order valence-electron chi connectivity index (χ0n) is 19.7. The Hall–Kier alpha value is -3.61. The predicted molar refractivity (Wildman–Crippen MR) is 128 cm³/mol. The summed E-state index contributed by atoms with van der Waals surface area (Å²) >= 11 is 0. The summed E-state index contributed by atoms with van der Waals surface area (Å²) in [6, 6.07) is 12.6. The zero-order valence-corrected chi connectivity index (χ0v) is 19.7. The molecule has 6 rings (SSSR count). The number of ether oxygens (including phenoxy) is 2. The molecule has 1 fully saturated rings. The minimum absolute atomic E-state index is 0.0103. The molecule has 0 radical (unpaired) electrons. The number of amides is 2. The Morgan fingerprint density at radius 1 is 1.11 bits per heavy atom. The number of hydrogen-bond acceptors (Lipinski definition) is 5. The van der Waals surface area contributed by atoms with Crippen molar-refractivity contribution in [2.24, 2.45) is 0 Å². The maximum atomic E-state index is 14.2. The van der Waals surface area contributed by atoms with E-state index in [1.165, 1.54) is 0 Å². The monoisotopic (exact) mass is 472 g/mol. The quantitative estimate of drug-likeness (QED) is 0.666. The molecular formula is C28H28N2O5. The van der Waals surface area contributed by atoms with Crippen LogP contribution in [0.1, 0.15) is 49.3 Å². The van der Waals surface area contributed by atoms with Crippen molar-refractivity contribution in [3.8, 4) is 11.5 Å². The van der Waals surface area contributed by atoms with Gasteiger partial charge in [-0.1, -0.05) is 49.8 Å². The second kappa shape index (κ2) is 8.26. The molecule has 1 saturated heterocycles. The molecule has 1 aliphatic carbocycles. The molecular weight excluding hydrogens is 444 g/mol. The molecule has 2 aromatic carbocycles. The van der Waals surface area contributed by atoms with Crippen LogP contribution in [0.3, 0.4) is 0 Å². The molecule has 180 valence electrons. The standard InChI is InChI=1S/C28H28N2O5/c1-2-3-9-25(32)30-16-19-12-22-23(35-17-34-22)14-21(19)28-11-10-20(31)13-24(28)29(27(33)26(28)30)15-18-7-5-4-6-8-18/h4-8,10-12,14,24,26H,2-3,9,13,15-17H2,1H3/t24-,26+,28?/m0/s1. The van der Waals surface area contributed by atoms with Gasteiger partial charge in [-0.2, -0.15) is 0 Å². The predicted octanol–water partition coefficient (Wildman–Crippen LogP) is 3.49. The molecule has 7 heteroatoms. The number of benzene rings is 2. The summed E-state index contributed by atoms with van der Waals surface area (Å²) in [6.07, 6.45) is 5.76. The second-order valence-electron chi connectivity index (χ2n) is 9.79. The summed E-state index contributed by atoms with van der Waals surface area (Å²) in [5.74, 6) is 1.15. The lowest BCUT2D eigenvalue weighted by Crippen LogP contribution is -2.59. The van der Waals surface area contributed by atoms with Crippen LogP contribution in [0.15, 0.2) is 54.6 Å². The fourth-order valence-electron chi connectivity index (χ4n) is 6.20. The normalized spacial score (nSPS) is 26.0. The van der Waals surface area contributed by atoms with E-state index in [1.54, 1.807) is 11.0 Å². The van der Waals surface area contributed by atoms with Gasteiger partial charge < -0.3 is 19.3 Å². The Labute approximate surface area is 204 Å². The average Bonchev–Trinajstić information content (AvgIpc) is 3.42. The smallest absolute Gasteiger partial charge is 0.247 e. The molecule has 2 amide bonds. The molecule has 4 aliphatic rings. The molecule has 7 nitrogen and oxygen atoms in total. The Morgan fingerprint density at radius 3 is 2.66 bits per heavy atom. The van der Waals surface area contributed by atoms with Gasteiger partial charge in [-0.25, -0.2) is 0 Å². The molecule has 3 atom stereocenters. The van der Waals surface area contributed by atoms with Gasteiger partial charge in [0.15, 0.2) is 17.3 Å². The second-order valence-corrected chi connectivity index (χ2v) is 9.79. The maximum Gasteiger partial charge on any atom is 0.247 e. The molecule has 0 N–H and O–H groups in total. The summed E-state index contributed by atoms with van der Waals surface area (Å²) < 4.78 is 11.3. The number of allylic oxidation sites excluding steroid dienone is 1. The number of fused-ring (bicyclic) bond motifs is 2. The summed E-state index contributed by atoms with van der Waals surface area (Å²) in [4.78, 5) is 43.9. The summed E-state index contributed by atoms with van der Waals surface area (Å²) in [7, 11) is 0. The Morgan fingerprint density at radius 2 is 1.89 bits per heavy atom. The van der Waals surface area contributed by atoms with Gasteiger partial charge in [0.05, 0.1) is 11.5 Å². The summed E-state index contributed by atoms with van der Waals surface area (Å²) in [6.45, 7) is 2.92. The number of carbonyl (C=O) groups is 3. The van der Waals surface area contributed by atoms with E-state index in [1.807, 2.05) is 53.4 Å². The van der Waals surface area contributed by atoms with Crippen LogP contribution in [0.4, 0.5) is 0 Å². The van der Waals surface area contributed by atoms with Gasteiger partial charge in [-0.05, 0) is 41.3 Å². The fourth-order valence-corrected chi connectivity index (χ4v) is 6.20. The van der Waals surface area contributed by atoms with Crippen LogP contribution in [0.5, 0.6) is 11.5 Å². The van der Waals surface area contributed by atoms with Gasteiger partial charge in [0.25, 0.3) is 0 Å². The largest absolute Gasteiger partial charge is 0.454 e. The summed E-state index contributed by atoms with van der Waals surface area (Å²) in [5.41, 5.74) is 2.06. The topological polar surface area (TPSA) is 76.2 Å². The number of nitrogens with zero attached hydrogens (tertiary/aromatic N) is 2. The highest BCUT2D eigenvalue weighted by molar-refractivity contribution is 5.99. The van der Waals surface area contributed by atoms with Crippen LogP contribution in [0.2, 0.25) is 0 Å². The highest BCUT2D eigenvalue weighted by atomic mass is 16.7.